The molecule has 4 heteroatoms. The fraction of sp³-hybridized carbons (Fsp3) is 0.333. The van der Waals surface area contributed by atoms with E-state index in [0.29, 0.717) is 27.0 Å². The van der Waals surface area contributed by atoms with E-state index in [1.54, 1.807) is 6.08 Å². The lowest BCUT2D eigenvalue weighted by Gasteiger charge is -2.24. The third kappa shape index (κ3) is 2.98. The van der Waals surface area contributed by atoms with E-state index >= 15 is 0 Å². The van der Waals surface area contributed by atoms with Crippen molar-refractivity contribution in [2.75, 3.05) is 0 Å². The van der Waals surface area contributed by atoms with Crippen molar-refractivity contribution in [2.45, 2.75) is 37.3 Å². The van der Waals surface area contributed by atoms with Crippen molar-refractivity contribution >= 4 is 28.9 Å². The number of ether oxygens (including phenoxy) is 1. The zero-order valence-electron chi connectivity index (χ0n) is 11.4. The largest absolute Gasteiger partial charge is 0.456 e. The molecule has 0 saturated carbocycles. The average molecular weight is 299 g/mol. The van der Waals surface area contributed by atoms with Crippen LogP contribution < -0.4 is 4.74 Å². The summed E-state index contributed by atoms with van der Waals surface area (Å²) in [5.41, 5.74) is 1.59. The monoisotopic (exact) mass is 298 g/mol. The van der Waals surface area contributed by atoms with Gasteiger partial charge >= 0.3 is 0 Å². The van der Waals surface area contributed by atoms with Gasteiger partial charge in [0.05, 0.1) is 4.90 Å². The first-order valence-corrected chi connectivity index (χ1v) is 7.15. The lowest BCUT2D eigenvalue weighted by Crippen LogP contribution is -2.09. The molecular formula is C15H16ClFOS. The van der Waals surface area contributed by atoms with E-state index in [9.17, 15) is 4.39 Å². The minimum Gasteiger partial charge on any atom is -0.456 e. The minimum absolute atomic E-state index is 0.130. The van der Waals surface area contributed by atoms with Gasteiger partial charge in [0.25, 0.3) is 0 Å². The smallest absolute Gasteiger partial charge is 0.154 e. The molecule has 0 spiro atoms. The van der Waals surface area contributed by atoms with Gasteiger partial charge in [-0.2, -0.15) is 0 Å². The fourth-order valence-electron chi connectivity index (χ4n) is 1.86. The third-order valence-corrected chi connectivity index (χ3v) is 4.26. The van der Waals surface area contributed by atoms with Crippen LogP contribution in [-0.4, -0.2) is 4.75 Å². The maximum absolute atomic E-state index is 14.2. The number of hydrogen-bond acceptors (Lipinski definition) is 2. The molecule has 19 heavy (non-hydrogen) atoms. The van der Waals surface area contributed by atoms with Gasteiger partial charge in [-0.25, -0.2) is 4.39 Å². The van der Waals surface area contributed by atoms with Gasteiger partial charge in [-0.05, 0) is 24.6 Å². The van der Waals surface area contributed by atoms with E-state index in [-0.39, 0.29) is 10.6 Å². The van der Waals surface area contributed by atoms with E-state index < -0.39 is 0 Å². The zero-order valence-corrected chi connectivity index (χ0v) is 13.0. The SMILES string of the molecule is C=C1C=C(C)c2cc(F)c(SC(C)(C)C)c(Cl)c2O1. The Kier molecular flexibility index (Phi) is 3.72. The van der Waals surface area contributed by atoms with Crippen molar-refractivity contribution in [1.29, 1.82) is 0 Å². The molecule has 0 unspecified atom stereocenters. The Labute approximate surface area is 122 Å². The van der Waals surface area contributed by atoms with Crippen molar-refractivity contribution in [3.8, 4) is 5.75 Å². The first-order chi connectivity index (χ1) is 8.69. The predicted molar refractivity (Wildman–Crippen MR) is 80.4 cm³/mol. The van der Waals surface area contributed by atoms with Crippen LogP contribution in [0.1, 0.15) is 33.3 Å². The molecule has 1 aromatic rings. The Morgan fingerprint density at radius 1 is 1.37 bits per heavy atom. The van der Waals surface area contributed by atoms with Crippen molar-refractivity contribution in [3.63, 3.8) is 0 Å². The second kappa shape index (κ2) is 4.88. The highest BCUT2D eigenvalue weighted by atomic mass is 35.5. The van der Waals surface area contributed by atoms with Crippen molar-refractivity contribution in [2.24, 2.45) is 0 Å². The normalized spacial score (nSPS) is 14.8. The summed E-state index contributed by atoms with van der Waals surface area (Å²) < 4.78 is 19.7. The Balaban J connectivity index is 2.59. The van der Waals surface area contributed by atoms with Gasteiger partial charge in [-0.15, -0.1) is 11.8 Å². The highest BCUT2D eigenvalue weighted by Gasteiger charge is 2.25. The van der Waals surface area contributed by atoms with Crippen LogP contribution in [0.4, 0.5) is 4.39 Å². The number of thioether (sulfide) groups is 1. The van der Waals surface area contributed by atoms with Crippen LogP contribution in [-0.2, 0) is 0 Å². The van der Waals surface area contributed by atoms with Crippen molar-refractivity contribution in [1.82, 2.24) is 0 Å². The fourth-order valence-corrected chi connectivity index (χ4v) is 3.15. The van der Waals surface area contributed by atoms with E-state index in [0.717, 1.165) is 5.57 Å². The second-order valence-electron chi connectivity index (χ2n) is 5.49. The topological polar surface area (TPSA) is 9.23 Å². The highest BCUT2D eigenvalue weighted by Crippen LogP contribution is 2.47. The standard InChI is InChI=1S/C15H16ClFOS/c1-8-6-9(2)18-13-10(8)7-11(17)14(12(13)16)19-15(3,4)5/h6-7H,2H2,1,3-5H3. The lowest BCUT2D eigenvalue weighted by atomic mass is 10.0. The van der Waals surface area contributed by atoms with Gasteiger partial charge in [-0.3, -0.25) is 0 Å². The first kappa shape index (κ1) is 14.5. The minimum atomic E-state index is -0.312. The Morgan fingerprint density at radius 3 is 2.58 bits per heavy atom. The van der Waals surface area contributed by atoms with Crippen LogP contribution in [0.25, 0.3) is 5.57 Å². The van der Waals surface area contributed by atoms with Crippen LogP contribution in [0.15, 0.2) is 29.4 Å². The van der Waals surface area contributed by atoms with E-state index in [2.05, 4.69) is 6.58 Å². The molecule has 0 bridgehead atoms. The lowest BCUT2D eigenvalue weighted by molar-refractivity contribution is 0.437. The zero-order chi connectivity index (χ0) is 14.4. The van der Waals surface area contributed by atoms with E-state index in [4.69, 9.17) is 16.3 Å². The van der Waals surface area contributed by atoms with Gasteiger partial charge in [0.2, 0.25) is 0 Å². The molecule has 0 aliphatic carbocycles. The van der Waals surface area contributed by atoms with Gasteiger partial charge in [0.15, 0.2) is 5.75 Å². The summed E-state index contributed by atoms with van der Waals surface area (Å²) in [4.78, 5) is 0.426. The first-order valence-electron chi connectivity index (χ1n) is 5.95. The predicted octanol–water partition coefficient (Wildman–Crippen LogP) is 5.68. The van der Waals surface area contributed by atoms with Crippen LogP contribution in [0.5, 0.6) is 5.75 Å². The summed E-state index contributed by atoms with van der Waals surface area (Å²) in [6, 6.07) is 1.48. The number of hydrogen-bond donors (Lipinski definition) is 0. The Hall–Kier alpha value is -0.930. The maximum Gasteiger partial charge on any atom is 0.154 e. The van der Waals surface area contributed by atoms with Gasteiger partial charge in [0.1, 0.15) is 16.6 Å². The molecular weight excluding hydrogens is 283 g/mol. The van der Waals surface area contributed by atoms with Crippen LogP contribution in [0, 0.1) is 5.82 Å². The molecule has 1 aromatic carbocycles. The summed E-state index contributed by atoms with van der Waals surface area (Å²) >= 11 is 7.71. The van der Waals surface area contributed by atoms with E-state index in [1.165, 1.54) is 17.8 Å². The third-order valence-electron chi connectivity index (χ3n) is 2.58. The molecule has 0 N–H and O–H groups in total. The van der Waals surface area contributed by atoms with Gasteiger partial charge in [-0.1, -0.05) is 39.0 Å². The number of benzene rings is 1. The van der Waals surface area contributed by atoms with Crippen LogP contribution >= 0.6 is 23.4 Å². The molecule has 0 fully saturated rings. The molecule has 0 amide bonds. The molecule has 0 saturated heterocycles. The Morgan fingerprint density at radius 2 is 2.00 bits per heavy atom. The van der Waals surface area contributed by atoms with Crippen molar-refractivity contribution in [3.05, 3.63) is 40.9 Å². The number of allylic oxidation sites excluding steroid dienone is 2. The average Bonchev–Trinajstić information content (AvgIpc) is 2.25. The summed E-state index contributed by atoms with van der Waals surface area (Å²) in [5.74, 6) is 0.706. The maximum atomic E-state index is 14.2. The van der Waals surface area contributed by atoms with Crippen LogP contribution in [0.2, 0.25) is 5.02 Å². The molecule has 0 atom stereocenters. The molecule has 1 aliphatic heterocycles. The summed E-state index contributed by atoms with van der Waals surface area (Å²) in [6.45, 7) is 11.7. The summed E-state index contributed by atoms with van der Waals surface area (Å²) in [6.07, 6.45) is 1.77. The number of halogens is 2. The Bertz CT molecular complexity index is 585. The van der Waals surface area contributed by atoms with Crippen LogP contribution in [0.3, 0.4) is 0 Å². The molecule has 0 aromatic heterocycles. The molecule has 0 radical (unpaired) electrons. The van der Waals surface area contributed by atoms with Gasteiger partial charge < -0.3 is 4.74 Å². The summed E-state index contributed by atoms with van der Waals surface area (Å²) in [5, 5.41) is 0.323. The number of fused-ring (bicyclic) bond motifs is 1. The molecule has 1 heterocycles. The quantitative estimate of drug-likeness (QED) is 0.617. The second-order valence-corrected chi connectivity index (χ2v) is 7.70. The molecule has 1 nitrogen and oxygen atoms in total. The van der Waals surface area contributed by atoms with Gasteiger partial charge in [0, 0.05) is 10.3 Å². The highest BCUT2D eigenvalue weighted by molar-refractivity contribution is 8.00. The summed E-state index contributed by atoms with van der Waals surface area (Å²) in [7, 11) is 0. The van der Waals surface area contributed by atoms with Crippen molar-refractivity contribution < 1.29 is 9.13 Å². The molecule has 102 valence electrons. The molecule has 1 aliphatic rings. The van der Waals surface area contributed by atoms with E-state index in [1.807, 2.05) is 27.7 Å². The number of rotatable bonds is 1. The molecule has 2 rings (SSSR count).